The summed E-state index contributed by atoms with van der Waals surface area (Å²) in [7, 11) is 0. The maximum Gasteiger partial charge on any atom is 0.280 e. The molecule has 2 saturated heterocycles. The third kappa shape index (κ3) is 5.57. The molecular formula is C30H32F2N6O3. The number of hydrogen-bond donors (Lipinski definition) is 1. The lowest BCUT2D eigenvalue weighted by molar-refractivity contribution is -0.139. The molecule has 0 unspecified atom stereocenters. The van der Waals surface area contributed by atoms with Crippen molar-refractivity contribution in [2.45, 2.75) is 51.2 Å². The Morgan fingerprint density at radius 1 is 0.976 bits per heavy atom. The average molecular weight is 563 g/mol. The van der Waals surface area contributed by atoms with Gasteiger partial charge >= 0.3 is 0 Å². The second-order valence-electron chi connectivity index (χ2n) is 11.4. The quantitative estimate of drug-likeness (QED) is 0.424. The SMILES string of the molecule is CC(=O)N1CC2(CCN(c3ccc(CNC(=O)C4(c5ccc(OCc6ccc(C(F)F)nc6)nn5)CC4)cc3)C2)C1. The number of nitrogens with zero attached hydrogens (tertiary/aromatic N) is 5. The topological polar surface area (TPSA) is 101 Å². The fourth-order valence-corrected chi connectivity index (χ4v) is 5.76. The molecule has 41 heavy (non-hydrogen) atoms. The zero-order chi connectivity index (χ0) is 28.6. The van der Waals surface area contributed by atoms with Crippen LogP contribution in [0.2, 0.25) is 0 Å². The minimum Gasteiger partial charge on any atom is -0.472 e. The number of rotatable bonds is 9. The first-order valence-electron chi connectivity index (χ1n) is 13.8. The Bertz CT molecular complexity index is 1410. The molecule has 1 aromatic carbocycles. The van der Waals surface area contributed by atoms with Crippen LogP contribution in [0, 0.1) is 5.41 Å². The first-order valence-corrected chi connectivity index (χ1v) is 13.8. The van der Waals surface area contributed by atoms with Gasteiger partial charge in [-0.1, -0.05) is 18.2 Å². The zero-order valence-electron chi connectivity index (χ0n) is 22.9. The lowest BCUT2D eigenvalue weighted by atomic mass is 9.79. The number of anilines is 1. The number of ether oxygens (including phenoxy) is 1. The second-order valence-corrected chi connectivity index (χ2v) is 11.4. The third-order valence-electron chi connectivity index (χ3n) is 8.46. The highest BCUT2D eigenvalue weighted by atomic mass is 19.3. The Hall–Kier alpha value is -4.15. The molecule has 0 radical (unpaired) electrons. The molecule has 1 aliphatic carbocycles. The molecule has 0 atom stereocenters. The molecule has 1 saturated carbocycles. The highest BCUT2D eigenvalue weighted by molar-refractivity contribution is 5.90. The van der Waals surface area contributed by atoms with Gasteiger partial charge in [-0.15, -0.1) is 5.10 Å². The van der Waals surface area contributed by atoms with Crippen molar-refractivity contribution in [3.63, 3.8) is 0 Å². The number of amides is 2. The van der Waals surface area contributed by atoms with Gasteiger partial charge in [-0.05, 0) is 49.1 Å². The van der Waals surface area contributed by atoms with Gasteiger partial charge in [0.2, 0.25) is 17.7 Å². The first-order chi connectivity index (χ1) is 19.8. The number of aromatic nitrogens is 3. The predicted molar refractivity (Wildman–Crippen MR) is 146 cm³/mol. The molecule has 3 fully saturated rings. The second kappa shape index (κ2) is 10.7. The van der Waals surface area contributed by atoms with E-state index in [0.717, 1.165) is 43.9 Å². The van der Waals surface area contributed by atoms with Crippen molar-refractivity contribution in [3.8, 4) is 5.88 Å². The maximum absolute atomic E-state index is 13.1. The monoisotopic (exact) mass is 562 g/mol. The van der Waals surface area contributed by atoms with Gasteiger partial charge in [0.05, 0.1) is 11.1 Å². The summed E-state index contributed by atoms with van der Waals surface area (Å²) in [6, 6.07) is 14.5. The molecule has 9 nitrogen and oxygen atoms in total. The van der Waals surface area contributed by atoms with Gasteiger partial charge in [0.1, 0.15) is 12.3 Å². The van der Waals surface area contributed by atoms with E-state index in [2.05, 4.69) is 37.5 Å². The number of carbonyl (C=O) groups is 2. The summed E-state index contributed by atoms with van der Waals surface area (Å²) < 4.78 is 30.9. The van der Waals surface area contributed by atoms with Gasteiger partial charge in [-0.25, -0.2) is 8.78 Å². The average Bonchev–Trinajstić information content (AvgIpc) is 3.66. The van der Waals surface area contributed by atoms with E-state index < -0.39 is 11.8 Å². The molecule has 11 heteroatoms. The molecule has 2 aliphatic heterocycles. The van der Waals surface area contributed by atoms with Gasteiger partial charge in [0, 0.05) is 68.6 Å². The summed E-state index contributed by atoms with van der Waals surface area (Å²) in [6.07, 6.45) is 1.24. The molecule has 3 aliphatic rings. The van der Waals surface area contributed by atoms with Crippen molar-refractivity contribution in [2.75, 3.05) is 31.1 Å². The molecule has 3 aromatic rings. The number of halogens is 2. The van der Waals surface area contributed by atoms with Gasteiger partial charge in [-0.2, -0.15) is 5.10 Å². The first kappa shape index (κ1) is 27.0. The minimum absolute atomic E-state index is 0.0729. The van der Waals surface area contributed by atoms with E-state index in [0.29, 0.717) is 30.6 Å². The Labute approximate surface area is 236 Å². The fraction of sp³-hybridized carbons (Fsp3) is 0.433. The van der Waals surface area contributed by atoms with Gasteiger partial charge < -0.3 is 19.9 Å². The van der Waals surface area contributed by atoms with Crippen LogP contribution in [0.1, 0.15) is 55.1 Å². The zero-order valence-corrected chi connectivity index (χ0v) is 22.9. The van der Waals surface area contributed by atoms with Crippen LogP contribution in [-0.2, 0) is 28.2 Å². The van der Waals surface area contributed by atoms with Crippen molar-refractivity contribution >= 4 is 17.5 Å². The van der Waals surface area contributed by atoms with Crippen LogP contribution >= 0.6 is 0 Å². The smallest absolute Gasteiger partial charge is 0.280 e. The Morgan fingerprint density at radius 2 is 1.73 bits per heavy atom. The largest absolute Gasteiger partial charge is 0.472 e. The molecule has 4 heterocycles. The highest BCUT2D eigenvalue weighted by Gasteiger charge is 2.53. The molecule has 6 rings (SSSR count). The van der Waals surface area contributed by atoms with Crippen LogP contribution in [0.5, 0.6) is 5.88 Å². The molecule has 2 amide bonds. The molecular weight excluding hydrogens is 530 g/mol. The van der Waals surface area contributed by atoms with Crippen molar-refractivity contribution in [1.29, 1.82) is 0 Å². The Balaban J connectivity index is 0.987. The molecule has 1 N–H and O–H groups in total. The molecule has 214 valence electrons. The summed E-state index contributed by atoms with van der Waals surface area (Å²) in [5.74, 6) is 0.357. The van der Waals surface area contributed by atoms with E-state index in [1.807, 2.05) is 17.0 Å². The molecule has 2 aromatic heterocycles. The van der Waals surface area contributed by atoms with Crippen LogP contribution < -0.4 is 15.0 Å². The third-order valence-corrected chi connectivity index (χ3v) is 8.46. The standard InChI is InChI=1S/C30H32F2N6O3/c1-20(39)38-18-29(19-38)12-13-37(17-29)23-5-2-21(3-6-23)14-34-28(40)30(10-11-30)25-8-9-26(36-35-25)41-16-22-4-7-24(27(31)32)33-15-22/h2-9,15,27H,10-14,16-19H2,1H3,(H,34,40). The van der Waals surface area contributed by atoms with Crippen LogP contribution in [0.25, 0.3) is 0 Å². The van der Waals surface area contributed by atoms with Crippen molar-refractivity contribution < 1.29 is 23.1 Å². The highest BCUT2D eigenvalue weighted by Crippen LogP contribution is 2.47. The number of benzene rings is 1. The molecule has 1 spiro atoms. The summed E-state index contributed by atoms with van der Waals surface area (Å²) in [5.41, 5.74) is 2.68. The Kier molecular flexibility index (Phi) is 7.04. The Morgan fingerprint density at radius 3 is 2.34 bits per heavy atom. The fourth-order valence-electron chi connectivity index (χ4n) is 5.76. The lowest BCUT2D eigenvalue weighted by Gasteiger charge is -2.47. The van der Waals surface area contributed by atoms with Gasteiger partial charge in [-0.3, -0.25) is 14.6 Å². The van der Waals surface area contributed by atoms with Crippen LogP contribution in [0.3, 0.4) is 0 Å². The van der Waals surface area contributed by atoms with Crippen molar-refractivity contribution in [2.24, 2.45) is 5.41 Å². The van der Waals surface area contributed by atoms with E-state index in [4.69, 9.17) is 4.74 Å². The maximum atomic E-state index is 13.1. The van der Waals surface area contributed by atoms with Crippen molar-refractivity contribution in [3.05, 3.63) is 77.2 Å². The molecule has 0 bridgehead atoms. The number of carbonyl (C=O) groups excluding carboxylic acids is 2. The van der Waals surface area contributed by atoms with E-state index in [1.165, 1.54) is 18.3 Å². The van der Waals surface area contributed by atoms with E-state index in [9.17, 15) is 18.4 Å². The number of nitrogens with one attached hydrogen (secondary N) is 1. The van der Waals surface area contributed by atoms with E-state index >= 15 is 0 Å². The number of alkyl halides is 2. The summed E-state index contributed by atoms with van der Waals surface area (Å²) in [4.78, 5) is 32.7. The minimum atomic E-state index is -2.61. The van der Waals surface area contributed by atoms with E-state index in [1.54, 1.807) is 19.1 Å². The summed E-state index contributed by atoms with van der Waals surface area (Å²) >= 11 is 0. The number of hydrogen-bond acceptors (Lipinski definition) is 7. The van der Waals surface area contributed by atoms with Crippen LogP contribution in [0.15, 0.2) is 54.7 Å². The van der Waals surface area contributed by atoms with Crippen LogP contribution in [0.4, 0.5) is 14.5 Å². The van der Waals surface area contributed by atoms with Crippen molar-refractivity contribution in [1.82, 2.24) is 25.4 Å². The van der Waals surface area contributed by atoms with Gasteiger partial charge in [0.25, 0.3) is 6.43 Å². The summed E-state index contributed by atoms with van der Waals surface area (Å²) in [5, 5.41) is 11.4. The number of likely N-dealkylation sites (tertiary alicyclic amines) is 1. The summed E-state index contributed by atoms with van der Waals surface area (Å²) in [6.45, 7) is 5.82. The lowest BCUT2D eigenvalue weighted by Crippen LogP contribution is -2.58. The predicted octanol–water partition coefficient (Wildman–Crippen LogP) is 3.79. The normalized spacial score (nSPS) is 18.3. The number of pyridine rings is 1. The van der Waals surface area contributed by atoms with Gasteiger partial charge in [0.15, 0.2) is 0 Å². The van der Waals surface area contributed by atoms with Crippen LogP contribution in [-0.4, -0.2) is 58.1 Å². The van der Waals surface area contributed by atoms with E-state index in [-0.39, 0.29) is 35.4 Å².